The van der Waals surface area contributed by atoms with E-state index in [1.165, 1.54) is 0 Å². The van der Waals surface area contributed by atoms with Gasteiger partial charge >= 0.3 is 11.9 Å². The Morgan fingerprint density at radius 3 is 2.10 bits per heavy atom. The minimum Gasteiger partial charge on any atom is -0.469 e. The number of esters is 2. The number of carbonyl (C=O) groups excluding carboxylic acids is 2. The monoisotopic (exact) mass is 309 g/mol. The van der Waals surface area contributed by atoms with Gasteiger partial charge in [0.05, 0.1) is 16.5 Å². The zero-order chi connectivity index (χ0) is 16.1. The van der Waals surface area contributed by atoms with Crippen LogP contribution < -0.4 is 5.73 Å². The molecule has 0 aliphatic carbocycles. The molecule has 1 aromatic rings. The minimum atomic E-state index is -1.81. The summed E-state index contributed by atoms with van der Waals surface area (Å²) in [7, 11) is 0.685. The van der Waals surface area contributed by atoms with Gasteiger partial charge in [0.15, 0.2) is 0 Å². The standard InChI is InChI=1S/C15H23NO4Si/c1-14(2,3)15(16,13(18)20-10-21)12(17)19-9-11-7-5-4-6-8-11/h4-8H,9-10,16H2,1-3,21H3. The van der Waals surface area contributed by atoms with Crippen molar-refractivity contribution in [3.8, 4) is 0 Å². The second-order valence-electron chi connectivity index (χ2n) is 5.84. The zero-order valence-corrected chi connectivity index (χ0v) is 15.0. The lowest BCUT2D eigenvalue weighted by molar-refractivity contribution is -0.170. The van der Waals surface area contributed by atoms with Gasteiger partial charge in [-0.25, -0.2) is 9.59 Å². The molecule has 0 heterocycles. The minimum absolute atomic E-state index is 0.0723. The number of carbonyl (C=O) groups is 2. The van der Waals surface area contributed by atoms with Gasteiger partial charge in [-0.2, -0.15) is 0 Å². The Balaban J connectivity index is 2.89. The number of rotatable bonds is 5. The average molecular weight is 309 g/mol. The molecule has 0 aliphatic heterocycles. The smallest absolute Gasteiger partial charge is 0.338 e. The van der Waals surface area contributed by atoms with E-state index in [-0.39, 0.29) is 6.61 Å². The van der Waals surface area contributed by atoms with Crippen molar-refractivity contribution in [2.75, 3.05) is 6.23 Å². The van der Waals surface area contributed by atoms with Crippen molar-refractivity contribution < 1.29 is 19.1 Å². The number of hydrogen-bond donors (Lipinski definition) is 1. The van der Waals surface area contributed by atoms with Crippen LogP contribution in [0.4, 0.5) is 0 Å². The summed E-state index contributed by atoms with van der Waals surface area (Å²) in [4.78, 5) is 24.5. The SMILES string of the molecule is CC(C)(C)C(N)(C(=O)OC[SiH3])C(=O)OCc1ccccc1. The van der Waals surface area contributed by atoms with E-state index in [4.69, 9.17) is 15.2 Å². The van der Waals surface area contributed by atoms with Crippen molar-refractivity contribution in [1.82, 2.24) is 0 Å². The fraction of sp³-hybridized carbons (Fsp3) is 0.467. The van der Waals surface area contributed by atoms with Crippen molar-refractivity contribution in [3.05, 3.63) is 35.9 Å². The highest BCUT2D eigenvalue weighted by Gasteiger charge is 2.54. The predicted octanol–water partition coefficient (Wildman–Crippen LogP) is 0.339. The lowest BCUT2D eigenvalue weighted by Gasteiger charge is -2.36. The van der Waals surface area contributed by atoms with Gasteiger partial charge in [0.25, 0.3) is 0 Å². The third kappa shape index (κ3) is 3.92. The van der Waals surface area contributed by atoms with Crippen LogP contribution in [0.5, 0.6) is 0 Å². The summed E-state index contributed by atoms with van der Waals surface area (Å²) in [6.07, 6.45) is 0.291. The van der Waals surface area contributed by atoms with Crippen LogP contribution in [0, 0.1) is 5.41 Å². The van der Waals surface area contributed by atoms with Crippen molar-refractivity contribution in [2.24, 2.45) is 11.1 Å². The van der Waals surface area contributed by atoms with Crippen LogP contribution in [0.2, 0.25) is 0 Å². The first-order chi connectivity index (χ1) is 9.73. The summed E-state index contributed by atoms with van der Waals surface area (Å²) in [6, 6.07) is 9.23. The first-order valence-electron chi connectivity index (χ1n) is 6.90. The zero-order valence-electron chi connectivity index (χ0n) is 13.0. The molecule has 2 N–H and O–H groups in total. The molecule has 116 valence electrons. The van der Waals surface area contributed by atoms with E-state index in [9.17, 15) is 9.59 Å². The molecule has 0 saturated carbocycles. The number of benzene rings is 1. The molecule has 1 unspecified atom stereocenters. The molecule has 5 nitrogen and oxygen atoms in total. The summed E-state index contributed by atoms with van der Waals surface area (Å²) in [6.45, 7) is 5.21. The summed E-state index contributed by atoms with van der Waals surface area (Å²) >= 11 is 0. The van der Waals surface area contributed by atoms with Gasteiger partial charge in [-0.15, -0.1) is 0 Å². The fourth-order valence-electron chi connectivity index (χ4n) is 1.78. The maximum Gasteiger partial charge on any atom is 0.338 e. The Morgan fingerprint density at radius 1 is 1.10 bits per heavy atom. The normalized spacial score (nSPS) is 14.3. The van der Waals surface area contributed by atoms with Crippen molar-refractivity contribution in [3.63, 3.8) is 0 Å². The van der Waals surface area contributed by atoms with Crippen LogP contribution in [0.25, 0.3) is 0 Å². The molecule has 6 heteroatoms. The van der Waals surface area contributed by atoms with Crippen molar-refractivity contribution in [1.29, 1.82) is 0 Å². The molecule has 0 saturated heterocycles. The highest BCUT2D eigenvalue weighted by Crippen LogP contribution is 2.31. The van der Waals surface area contributed by atoms with Gasteiger partial charge in [0.2, 0.25) is 5.54 Å². The van der Waals surface area contributed by atoms with E-state index in [2.05, 4.69) is 0 Å². The van der Waals surface area contributed by atoms with Crippen LogP contribution in [-0.2, 0) is 25.7 Å². The molecule has 1 aromatic carbocycles. The Morgan fingerprint density at radius 2 is 1.62 bits per heavy atom. The molecule has 0 amide bonds. The lowest BCUT2D eigenvalue weighted by atomic mass is 9.74. The van der Waals surface area contributed by atoms with Gasteiger partial charge < -0.3 is 15.2 Å². The van der Waals surface area contributed by atoms with Crippen LogP contribution in [-0.4, -0.2) is 34.0 Å². The first-order valence-corrected chi connectivity index (χ1v) is 8.32. The molecule has 0 fully saturated rings. The molecule has 0 aromatic heterocycles. The molecular weight excluding hydrogens is 286 g/mol. The molecule has 0 spiro atoms. The predicted molar refractivity (Wildman–Crippen MR) is 83.5 cm³/mol. The Hall–Kier alpha value is -1.66. The molecular formula is C15H23NO4Si. The highest BCUT2D eigenvalue weighted by atomic mass is 28.1. The molecule has 0 aliphatic rings. The van der Waals surface area contributed by atoms with Crippen LogP contribution in [0.3, 0.4) is 0 Å². The van der Waals surface area contributed by atoms with Gasteiger partial charge in [-0.1, -0.05) is 51.1 Å². The second kappa shape index (κ2) is 6.86. The van der Waals surface area contributed by atoms with E-state index in [1.54, 1.807) is 20.8 Å². The van der Waals surface area contributed by atoms with Gasteiger partial charge in [0, 0.05) is 5.41 Å². The third-order valence-corrected chi connectivity index (χ3v) is 3.60. The molecule has 1 atom stereocenters. The highest BCUT2D eigenvalue weighted by molar-refractivity contribution is 6.11. The van der Waals surface area contributed by atoms with E-state index in [1.807, 2.05) is 30.3 Å². The van der Waals surface area contributed by atoms with Crippen LogP contribution in [0.15, 0.2) is 30.3 Å². The van der Waals surface area contributed by atoms with E-state index in [0.29, 0.717) is 16.5 Å². The van der Waals surface area contributed by atoms with Crippen LogP contribution >= 0.6 is 0 Å². The van der Waals surface area contributed by atoms with E-state index >= 15 is 0 Å². The summed E-state index contributed by atoms with van der Waals surface area (Å²) in [5.41, 5.74) is 4.29. The fourth-order valence-corrected chi connectivity index (χ4v) is 2.04. The number of nitrogens with two attached hydrogens (primary N) is 1. The van der Waals surface area contributed by atoms with Gasteiger partial charge in [-0.3, -0.25) is 0 Å². The average Bonchev–Trinajstić information content (AvgIpc) is 2.43. The summed E-state index contributed by atoms with van der Waals surface area (Å²) in [5.74, 6) is -1.50. The largest absolute Gasteiger partial charge is 0.469 e. The quantitative estimate of drug-likeness (QED) is 0.482. The first kappa shape index (κ1) is 17.4. The topological polar surface area (TPSA) is 78.6 Å². The Labute approximate surface area is 128 Å². The molecule has 0 bridgehead atoms. The van der Waals surface area contributed by atoms with E-state index in [0.717, 1.165) is 5.56 Å². The second-order valence-corrected chi connectivity index (χ2v) is 6.42. The molecule has 21 heavy (non-hydrogen) atoms. The molecule has 0 radical (unpaired) electrons. The molecule has 1 rings (SSSR count). The van der Waals surface area contributed by atoms with E-state index < -0.39 is 22.9 Å². The maximum absolute atomic E-state index is 12.4. The van der Waals surface area contributed by atoms with Crippen molar-refractivity contribution >= 4 is 22.2 Å². The maximum atomic E-state index is 12.4. The summed E-state index contributed by atoms with van der Waals surface area (Å²) in [5, 5.41) is 0. The Bertz CT molecular complexity index is 498. The number of hydrogen-bond acceptors (Lipinski definition) is 5. The summed E-state index contributed by atoms with van der Waals surface area (Å²) < 4.78 is 10.2. The van der Waals surface area contributed by atoms with Crippen LogP contribution in [0.1, 0.15) is 26.3 Å². The van der Waals surface area contributed by atoms with Gasteiger partial charge in [-0.05, 0) is 5.56 Å². The lowest BCUT2D eigenvalue weighted by Crippen LogP contribution is -2.64. The van der Waals surface area contributed by atoms with Crippen molar-refractivity contribution in [2.45, 2.75) is 32.9 Å². The Kier molecular flexibility index (Phi) is 5.68. The third-order valence-electron chi connectivity index (χ3n) is 3.32. The van der Waals surface area contributed by atoms with Gasteiger partial charge in [0.1, 0.15) is 6.61 Å². The number of ether oxygens (including phenoxy) is 2.